The van der Waals surface area contributed by atoms with Crippen molar-refractivity contribution in [3.63, 3.8) is 0 Å². The van der Waals surface area contributed by atoms with Crippen LogP contribution in [0.5, 0.6) is 11.5 Å². The molecule has 0 radical (unpaired) electrons. The summed E-state index contributed by atoms with van der Waals surface area (Å²) in [5.74, 6) is 1.69. The third-order valence-electron chi connectivity index (χ3n) is 3.32. The molecule has 110 valence electrons. The fraction of sp³-hybridized carbons (Fsp3) is 0.0526. The molecule has 0 unspecified atom stereocenters. The summed E-state index contributed by atoms with van der Waals surface area (Å²) in [5, 5.41) is 1.12. The maximum Gasteiger partial charge on any atom is 0.479 e. The van der Waals surface area contributed by atoms with Crippen LogP contribution in [0.15, 0.2) is 84.9 Å². The summed E-state index contributed by atoms with van der Waals surface area (Å²) in [5.41, 5.74) is 1.23. The van der Waals surface area contributed by atoms with Crippen molar-refractivity contribution in [2.24, 2.45) is 0 Å². The molecule has 0 saturated heterocycles. The Bertz CT molecular complexity index is 655. The first-order valence-corrected chi connectivity index (χ1v) is 8.83. The zero-order valence-corrected chi connectivity index (χ0v) is 13.6. The molecule has 0 spiro atoms. The molecule has 0 aliphatic rings. The maximum atomic E-state index is 6.16. The van der Waals surface area contributed by atoms with Gasteiger partial charge in [0.2, 0.25) is 0 Å². The molecule has 0 bridgehead atoms. The molecule has 0 fully saturated rings. The average Bonchev–Trinajstić information content (AvgIpc) is 2.57. The van der Waals surface area contributed by atoms with Gasteiger partial charge in [0, 0.05) is 5.19 Å². The van der Waals surface area contributed by atoms with E-state index >= 15 is 0 Å². The van der Waals surface area contributed by atoms with Crippen LogP contribution in [-0.2, 0) is 0 Å². The van der Waals surface area contributed by atoms with Crippen molar-refractivity contribution < 1.29 is 8.85 Å². The second kappa shape index (κ2) is 6.96. The summed E-state index contributed by atoms with van der Waals surface area (Å²) in [6.07, 6.45) is 0. The van der Waals surface area contributed by atoms with E-state index in [0.717, 1.165) is 16.7 Å². The highest BCUT2D eigenvalue weighted by atomic mass is 28.3. The van der Waals surface area contributed by atoms with Crippen LogP contribution in [0.25, 0.3) is 0 Å². The normalized spacial score (nSPS) is 10.5. The van der Waals surface area contributed by atoms with Crippen molar-refractivity contribution in [2.75, 3.05) is 0 Å². The van der Waals surface area contributed by atoms with Crippen LogP contribution in [0.4, 0.5) is 0 Å². The Morgan fingerprint density at radius 2 is 1.05 bits per heavy atom. The van der Waals surface area contributed by atoms with Crippen molar-refractivity contribution in [1.29, 1.82) is 0 Å². The van der Waals surface area contributed by atoms with Gasteiger partial charge < -0.3 is 8.85 Å². The highest BCUT2D eigenvalue weighted by Gasteiger charge is 2.20. The van der Waals surface area contributed by atoms with Gasteiger partial charge in [-0.1, -0.05) is 66.2 Å². The summed E-state index contributed by atoms with van der Waals surface area (Å²) in [7, 11) is -2.07. The van der Waals surface area contributed by atoms with E-state index in [-0.39, 0.29) is 0 Å². The van der Waals surface area contributed by atoms with Gasteiger partial charge in [-0.25, -0.2) is 0 Å². The third-order valence-corrected chi connectivity index (χ3v) is 5.22. The van der Waals surface area contributed by atoms with E-state index in [2.05, 4.69) is 31.2 Å². The Kier molecular flexibility index (Phi) is 4.56. The quantitative estimate of drug-likeness (QED) is 0.671. The fourth-order valence-corrected chi connectivity index (χ4v) is 3.76. The summed E-state index contributed by atoms with van der Waals surface area (Å²) in [4.78, 5) is 0. The first kappa shape index (κ1) is 14.4. The molecule has 0 aliphatic heterocycles. The molecule has 0 amide bonds. The number of aryl methyl sites for hydroxylation is 1. The molecule has 22 heavy (non-hydrogen) atoms. The highest BCUT2D eigenvalue weighted by Crippen LogP contribution is 2.14. The molecule has 0 saturated carbocycles. The topological polar surface area (TPSA) is 18.5 Å². The number of hydrogen-bond acceptors (Lipinski definition) is 2. The monoisotopic (exact) mass is 306 g/mol. The van der Waals surface area contributed by atoms with Gasteiger partial charge in [0.15, 0.2) is 0 Å². The lowest BCUT2D eigenvalue weighted by atomic mass is 10.2. The van der Waals surface area contributed by atoms with E-state index in [4.69, 9.17) is 8.85 Å². The van der Waals surface area contributed by atoms with Crippen molar-refractivity contribution in [3.8, 4) is 11.5 Å². The number of para-hydroxylation sites is 2. The number of rotatable bonds is 5. The Labute approximate surface area is 132 Å². The van der Waals surface area contributed by atoms with E-state index in [0.29, 0.717) is 0 Å². The molecule has 0 N–H and O–H groups in total. The van der Waals surface area contributed by atoms with Gasteiger partial charge >= 0.3 is 9.28 Å². The van der Waals surface area contributed by atoms with Crippen LogP contribution in [0.3, 0.4) is 0 Å². The second-order valence-electron chi connectivity index (χ2n) is 5.10. The van der Waals surface area contributed by atoms with Gasteiger partial charge in [0.1, 0.15) is 11.5 Å². The minimum Gasteiger partial charge on any atom is -0.511 e. The maximum absolute atomic E-state index is 6.16. The molecule has 3 aromatic rings. The highest BCUT2D eigenvalue weighted by molar-refractivity contribution is 6.62. The molecule has 3 rings (SSSR count). The van der Waals surface area contributed by atoms with Crippen molar-refractivity contribution >= 4 is 14.5 Å². The van der Waals surface area contributed by atoms with E-state index in [1.54, 1.807) is 0 Å². The lowest BCUT2D eigenvalue weighted by molar-refractivity contribution is 0.439. The third kappa shape index (κ3) is 3.77. The Morgan fingerprint density at radius 1 is 0.591 bits per heavy atom. The van der Waals surface area contributed by atoms with Gasteiger partial charge in [-0.2, -0.15) is 0 Å². The molecule has 0 heterocycles. The van der Waals surface area contributed by atoms with Gasteiger partial charge in [-0.05, 0) is 31.2 Å². The van der Waals surface area contributed by atoms with Crippen molar-refractivity contribution in [3.05, 3.63) is 90.5 Å². The largest absolute Gasteiger partial charge is 0.511 e. The van der Waals surface area contributed by atoms with E-state index in [1.165, 1.54) is 5.56 Å². The van der Waals surface area contributed by atoms with Gasteiger partial charge in [-0.3, -0.25) is 0 Å². The van der Waals surface area contributed by atoms with Crippen LogP contribution < -0.4 is 14.0 Å². The van der Waals surface area contributed by atoms with Gasteiger partial charge in [-0.15, -0.1) is 0 Å². The van der Waals surface area contributed by atoms with E-state index in [9.17, 15) is 0 Å². The predicted molar refractivity (Wildman–Crippen MR) is 92.1 cm³/mol. The molecular formula is C19H18O2Si. The predicted octanol–water partition coefficient (Wildman–Crippen LogP) is 3.58. The smallest absolute Gasteiger partial charge is 0.479 e. The molecule has 0 atom stereocenters. The SMILES string of the molecule is Cc1ccc([SiH](Oc2ccccc2)Oc2ccccc2)cc1. The fourth-order valence-electron chi connectivity index (χ4n) is 2.13. The zero-order valence-electron chi connectivity index (χ0n) is 12.5. The van der Waals surface area contributed by atoms with E-state index in [1.807, 2.05) is 60.7 Å². The van der Waals surface area contributed by atoms with Crippen molar-refractivity contribution in [2.45, 2.75) is 6.92 Å². The molecule has 3 aromatic carbocycles. The molecule has 3 heteroatoms. The molecule has 2 nitrogen and oxygen atoms in total. The van der Waals surface area contributed by atoms with E-state index < -0.39 is 9.28 Å². The average molecular weight is 306 g/mol. The van der Waals surface area contributed by atoms with Crippen LogP contribution in [0, 0.1) is 6.92 Å². The summed E-state index contributed by atoms with van der Waals surface area (Å²) < 4.78 is 12.3. The Hall–Kier alpha value is -2.52. The second-order valence-corrected chi connectivity index (χ2v) is 6.91. The van der Waals surface area contributed by atoms with Crippen molar-refractivity contribution in [1.82, 2.24) is 0 Å². The molecule has 0 aromatic heterocycles. The molecular weight excluding hydrogens is 288 g/mol. The lowest BCUT2D eigenvalue weighted by Crippen LogP contribution is -2.42. The zero-order chi connectivity index (χ0) is 15.2. The van der Waals surface area contributed by atoms with Crippen LogP contribution in [-0.4, -0.2) is 9.28 Å². The summed E-state index contributed by atoms with van der Waals surface area (Å²) in [6, 6.07) is 28.1. The van der Waals surface area contributed by atoms with Crippen LogP contribution in [0.1, 0.15) is 5.56 Å². The van der Waals surface area contributed by atoms with Crippen LogP contribution >= 0.6 is 0 Å². The first-order valence-electron chi connectivity index (χ1n) is 7.31. The number of hydrogen-bond donors (Lipinski definition) is 0. The number of benzene rings is 3. The van der Waals surface area contributed by atoms with Crippen LogP contribution in [0.2, 0.25) is 0 Å². The summed E-state index contributed by atoms with van der Waals surface area (Å²) in [6.45, 7) is 2.08. The lowest BCUT2D eigenvalue weighted by Gasteiger charge is -2.19. The standard InChI is InChI=1S/C19H18O2Si/c1-16-12-14-19(15-13-16)22(20-17-8-4-2-5-9-17)21-18-10-6-3-7-11-18/h2-15,22H,1H3. The minimum absolute atomic E-state index is 0.843. The first-order chi connectivity index (χ1) is 10.8. The minimum atomic E-state index is -2.07. The van der Waals surface area contributed by atoms with Gasteiger partial charge in [0.05, 0.1) is 0 Å². The Morgan fingerprint density at radius 3 is 1.50 bits per heavy atom. The molecule has 0 aliphatic carbocycles. The summed E-state index contributed by atoms with van der Waals surface area (Å²) >= 11 is 0. The Balaban J connectivity index is 1.86. The van der Waals surface area contributed by atoms with Gasteiger partial charge in [0.25, 0.3) is 0 Å².